The lowest BCUT2D eigenvalue weighted by molar-refractivity contribution is -0.146. The van der Waals surface area contributed by atoms with E-state index in [1.54, 1.807) is 0 Å². The molecule has 3 rings (SSSR count). The summed E-state index contributed by atoms with van der Waals surface area (Å²) < 4.78 is 34.6. The summed E-state index contributed by atoms with van der Waals surface area (Å²) in [7, 11) is -4.83. The van der Waals surface area contributed by atoms with Crippen LogP contribution in [0.15, 0.2) is 0 Å². The molecule has 0 radical (unpaired) electrons. The number of aliphatic hydroxyl groups is 1. The molecular formula is C11H18N4O8S. The fourth-order valence-electron chi connectivity index (χ4n) is 3.07. The normalized spacial score (nSPS) is 33.2. The fourth-order valence-corrected chi connectivity index (χ4v) is 3.46. The van der Waals surface area contributed by atoms with Crippen LogP contribution in [0.2, 0.25) is 0 Å². The second kappa shape index (κ2) is 6.42. The molecule has 0 aromatic rings. The van der Waals surface area contributed by atoms with E-state index in [0.717, 1.165) is 4.90 Å². The number of carbonyl (C=O) groups excluding carboxylic acids is 2. The van der Waals surface area contributed by atoms with Gasteiger partial charge in [0.15, 0.2) is 0 Å². The number of aliphatic hydroxyl groups excluding tert-OH is 1. The van der Waals surface area contributed by atoms with E-state index in [1.165, 1.54) is 0 Å². The number of rotatable bonds is 5. The van der Waals surface area contributed by atoms with Gasteiger partial charge in [0.05, 0.1) is 12.1 Å². The van der Waals surface area contributed by atoms with Gasteiger partial charge in [-0.15, -0.1) is 4.28 Å². The van der Waals surface area contributed by atoms with Crippen molar-refractivity contribution < 1.29 is 36.8 Å². The zero-order valence-electron chi connectivity index (χ0n) is 12.5. The Kier molecular flexibility index (Phi) is 4.63. The third-order valence-electron chi connectivity index (χ3n) is 4.24. The van der Waals surface area contributed by atoms with E-state index in [2.05, 4.69) is 15.1 Å². The maximum atomic E-state index is 12.2. The van der Waals surface area contributed by atoms with Crippen molar-refractivity contribution >= 4 is 22.3 Å². The van der Waals surface area contributed by atoms with E-state index < -0.39 is 46.6 Å². The first-order valence-corrected chi connectivity index (χ1v) is 8.74. The SMILES string of the molecule is O=C(NOC1CNCC1O)C1CCC2CN1C(=O)N2OS(=O)(=O)O. The Hall–Kier alpha value is -1.51. The van der Waals surface area contributed by atoms with E-state index in [9.17, 15) is 23.1 Å². The van der Waals surface area contributed by atoms with Crippen LogP contribution in [0, 0.1) is 0 Å². The van der Waals surface area contributed by atoms with Crippen LogP contribution >= 0.6 is 0 Å². The van der Waals surface area contributed by atoms with E-state index in [4.69, 9.17) is 9.39 Å². The van der Waals surface area contributed by atoms with Crippen LogP contribution in [-0.4, -0.2) is 83.9 Å². The van der Waals surface area contributed by atoms with Crippen molar-refractivity contribution in [3.8, 4) is 0 Å². The molecule has 0 aromatic heterocycles. The number of hydroxylamine groups is 3. The van der Waals surface area contributed by atoms with Gasteiger partial charge in [0.1, 0.15) is 12.1 Å². The van der Waals surface area contributed by atoms with Crippen LogP contribution in [-0.2, 0) is 24.3 Å². The van der Waals surface area contributed by atoms with Crippen molar-refractivity contribution in [1.29, 1.82) is 0 Å². The number of hydrogen-bond donors (Lipinski definition) is 4. The van der Waals surface area contributed by atoms with E-state index in [1.807, 2.05) is 0 Å². The van der Waals surface area contributed by atoms with Crippen LogP contribution in [0.4, 0.5) is 4.79 Å². The lowest BCUT2D eigenvalue weighted by atomic mass is 10.0. The number of nitrogens with zero attached hydrogens (tertiary/aromatic N) is 2. The van der Waals surface area contributed by atoms with Crippen LogP contribution in [0.1, 0.15) is 12.8 Å². The number of carbonyl (C=O) groups is 2. The Morgan fingerprint density at radius 3 is 2.71 bits per heavy atom. The van der Waals surface area contributed by atoms with Gasteiger partial charge in [-0.1, -0.05) is 0 Å². The summed E-state index contributed by atoms with van der Waals surface area (Å²) in [6.45, 7) is 0.838. The number of piperidine rings is 1. The Balaban J connectivity index is 1.60. The van der Waals surface area contributed by atoms with Gasteiger partial charge >= 0.3 is 16.4 Å². The van der Waals surface area contributed by atoms with Crippen molar-refractivity contribution in [2.45, 2.75) is 37.1 Å². The first-order chi connectivity index (χ1) is 11.3. The van der Waals surface area contributed by atoms with Gasteiger partial charge in [-0.2, -0.15) is 13.5 Å². The minimum atomic E-state index is -4.83. The molecule has 4 atom stereocenters. The number of amides is 3. The van der Waals surface area contributed by atoms with Gasteiger partial charge in [-0.3, -0.25) is 14.2 Å². The first kappa shape index (κ1) is 17.3. The second-order valence-electron chi connectivity index (χ2n) is 5.86. The molecule has 0 spiro atoms. The molecule has 4 N–H and O–H groups in total. The summed E-state index contributed by atoms with van der Waals surface area (Å²) in [5.41, 5.74) is 2.23. The van der Waals surface area contributed by atoms with Gasteiger partial charge in [0, 0.05) is 19.6 Å². The minimum Gasteiger partial charge on any atom is -0.389 e. The van der Waals surface area contributed by atoms with Crippen LogP contribution in [0.25, 0.3) is 0 Å². The molecule has 3 amide bonds. The van der Waals surface area contributed by atoms with E-state index in [0.29, 0.717) is 24.6 Å². The number of nitrogens with one attached hydrogen (secondary N) is 2. The third-order valence-corrected chi connectivity index (χ3v) is 4.59. The van der Waals surface area contributed by atoms with Crippen molar-refractivity contribution in [3.05, 3.63) is 0 Å². The Bertz CT molecular complexity index is 628. The molecule has 12 nitrogen and oxygen atoms in total. The van der Waals surface area contributed by atoms with E-state index >= 15 is 0 Å². The molecule has 0 saturated carbocycles. The summed E-state index contributed by atoms with van der Waals surface area (Å²) in [5, 5.41) is 13.1. The Labute approximate surface area is 137 Å². The topological polar surface area (TPSA) is 158 Å². The van der Waals surface area contributed by atoms with Crippen LogP contribution < -0.4 is 10.8 Å². The molecule has 3 aliphatic heterocycles. The van der Waals surface area contributed by atoms with Crippen LogP contribution in [0.5, 0.6) is 0 Å². The van der Waals surface area contributed by atoms with Gasteiger partial charge in [0.25, 0.3) is 5.91 Å². The molecule has 13 heteroatoms. The molecule has 3 heterocycles. The maximum absolute atomic E-state index is 12.2. The van der Waals surface area contributed by atoms with Gasteiger partial charge in [-0.25, -0.2) is 10.3 Å². The lowest BCUT2D eigenvalue weighted by Gasteiger charge is -2.29. The maximum Gasteiger partial charge on any atom is 0.418 e. The summed E-state index contributed by atoms with van der Waals surface area (Å²) in [5.74, 6) is -0.574. The zero-order chi connectivity index (χ0) is 17.5. The second-order valence-corrected chi connectivity index (χ2v) is 6.86. The van der Waals surface area contributed by atoms with Gasteiger partial charge in [0.2, 0.25) is 0 Å². The average molecular weight is 366 g/mol. The predicted octanol–water partition coefficient (Wildman–Crippen LogP) is -2.63. The molecule has 136 valence electrons. The molecular weight excluding hydrogens is 348 g/mol. The van der Waals surface area contributed by atoms with Gasteiger partial charge < -0.3 is 15.3 Å². The standard InChI is InChI=1S/C11H18N4O8S/c16-8-3-12-4-9(8)22-13-10(17)7-2-1-6-5-14(7)11(18)15(6)23-24(19,20)21/h6-9,12,16H,1-5H2,(H,13,17)(H,19,20,21). The minimum absolute atomic E-state index is 0.0973. The molecule has 0 aromatic carbocycles. The number of urea groups is 1. The highest BCUT2D eigenvalue weighted by Crippen LogP contribution is 2.30. The summed E-state index contributed by atoms with van der Waals surface area (Å²) in [4.78, 5) is 30.7. The van der Waals surface area contributed by atoms with Crippen molar-refractivity contribution in [2.24, 2.45) is 0 Å². The lowest BCUT2D eigenvalue weighted by Crippen LogP contribution is -2.51. The molecule has 2 bridgehead atoms. The molecule has 3 aliphatic rings. The molecule has 3 saturated heterocycles. The predicted molar refractivity (Wildman–Crippen MR) is 75.3 cm³/mol. The highest BCUT2D eigenvalue weighted by molar-refractivity contribution is 7.80. The van der Waals surface area contributed by atoms with Gasteiger partial charge in [-0.05, 0) is 12.8 Å². The van der Waals surface area contributed by atoms with Crippen molar-refractivity contribution in [3.63, 3.8) is 0 Å². The van der Waals surface area contributed by atoms with Crippen LogP contribution in [0.3, 0.4) is 0 Å². The highest BCUT2D eigenvalue weighted by Gasteiger charge is 2.49. The first-order valence-electron chi connectivity index (χ1n) is 7.37. The van der Waals surface area contributed by atoms with Crippen molar-refractivity contribution in [1.82, 2.24) is 20.8 Å². The third kappa shape index (κ3) is 3.45. The quantitative estimate of drug-likeness (QED) is 0.302. The number of hydrogen-bond acceptors (Lipinski definition) is 8. The van der Waals surface area contributed by atoms with Crippen molar-refractivity contribution in [2.75, 3.05) is 19.6 Å². The highest BCUT2D eigenvalue weighted by atomic mass is 32.3. The fraction of sp³-hybridized carbons (Fsp3) is 0.818. The zero-order valence-corrected chi connectivity index (χ0v) is 13.3. The summed E-state index contributed by atoms with van der Waals surface area (Å²) in [6.07, 6.45) is -0.724. The Morgan fingerprint density at radius 1 is 1.33 bits per heavy atom. The monoisotopic (exact) mass is 366 g/mol. The summed E-state index contributed by atoms with van der Waals surface area (Å²) in [6, 6.07) is -2.24. The number of β-amino-alcohol motifs (C(OH)–C–C–N with tert-alkyl or cyclic N) is 1. The molecule has 4 unspecified atom stereocenters. The smallest absolute Gasteiger partial charge is 0.389 e. The van der Waals surface area contributed by atoms with E-state index in [-0.39, 0.29) is 13.0 Å². The number of fused-ring (bicyclic) bond motifs is 2. The molecule has 3 fully saturated rings. The largest absolute Gasteiger partial charge is 0.418 e. The Morgan fingerprint density at radius 2 is 2.08 bits per heavy atom. The summed E-state index contributed by atoms with van der Waals surface area (Å²) >= 11 is 0. The molecule has 24 heavy (non-hydrogen) atoms. The average Bonchev–Trinajstić information content (AvgIpc) is 3.01. The molecule has 0 aliphatic carbocycles.